The summed E-state index contributed by atoms with van der Waals surface area (Å²) in [5, 5.41) is 1.02. The second-order valence-corrected chi connectivity index (χ2v) is 4.92. The van der Waals surface area contributed by atoms with E-state index in [0.29, 0.717) is 0 Å². The number of fused-ring (bicyclic) bond motifs is 1. The van der Waals surface area contributed by atoms with E-state index in [1.54, 1.807) is 18.9 Å². The van der Waals surface area contributed by atoms with Crippen LogP contribution < -0.4 is 10.5 Å². The summed E-state index contributed by atoms with van der Waals surface area (Å²) in [6, 6.07) is 7.81. The second kappa shape index (κ2) is 4.00. The molecule has 88 valence electrons. The number of nitrogens with two attached hydrogens (primary N) is 1. The first kappa shape index (κ1) is 10.5. The van der Waals surface area contributed by atoms with Gasteiger partial charge in [0.2, 0.25) is 0 Å². The molecule has 0 aliphatic carbocycles. The summed E-state index contributed by atoms with van der Waals surface area (Å²) in [6.45, 7) is 0.953. The Hall–Kier alpha value is -1.62. The topological polar surface area (TPSA) is 53.1 Å². The number of anilines is 1. The van der Waals surface area contributed by atoms with Crippen molar-refractivity contribution < 1.29 is 4.74 Å². The minimum Gasteiger partial charge on any atom is -0.497 e. The summed E-state index contributed by atoms with van der Waals surface area (Å²) in [6.07, 6.45) is 0. The monoisotopic (exact) mass is 247 g/mol. The average molecular weight is 247 g/mol. The van der Waals surface area contributed by atoms with Crippen molar-refractivity contribution in [2.24, 2.45) is 0 Å². The largest absolute Gasteiger partial charge is 0.497 e. The van der Waals surface area contributed by atoms with Gasteiger partial charge < -0.3 is 15.0 Å². The highest BCUT2D eigenvalue weighted by Gasteiger charge is 2.20. The van der Waals surface area contributed by atoms with Crippen LogP contribution in [0.5, 0.6) is 5.75 Å². The minimum atomic E-state index is 0.759. The second-order valence-electron chi connectivity index (χ2n) is 3.86. The van der Waals surface area contributed by atoms with E-state index in [-0.39, 0.29) is 0 Å². The van der Waals surface area contributed by atoms with Crippen LogP contribution in [0.2, 0.25) is 0 Å². The molecule has 17 heavy (non-hydrogen) atoms. The normalized spacial score (nSPS) is 13.7. The number of imidazole rings is 1. The van der Waals surface area contributed by atoms with Gasteiger partial charge >= 0.3 is 0 Å². The van der Waals surface area contributed by atoms with Gasteiger partial charge in [0.1, 0.15) is 17.3 Å². The third-order valence-electron chi connectivity index (χ3n) is 2.88. The third kappa shape index (κ3) is 1.67. The lowest BCUT2D eigenvalue weighted by molar-refractivity contribution is 0.415. The molecule has 0 amide bonds. The highest BCUT2D eigenvalue weighted by Crippen LogP contribution is 2.34. The zero-order valence-corrected chi connectivity index (χ0v) is 10.3. The Labute approximate surface area is 104 Å². The van der Waals surface area contributed by atoms with Gasteiger partial charge in [-0.15, -0.1) is 0 Å². The first-order valence-corrected chi connectivity index (χ1v) is 6.41. The fourth-order valence-corrected chi connectivity index (χ4v) is 2.92. The fourth-order valence-electron chi connectivity index (χ4n) is 1.96. The van der Waals surface area contributed by atoms with Gasteiger partial charge in [0.05, 0.1) is 7.11 Å². The predicted molar refractivity (Wildman–Crippen MR) is 69.4 cm³/mol. The first-order valence-electron chi connectivity index (χ1n) is 5.43. The first-order chi connectivity index (χ1) is 8.29. The van der Waals surface area contributed by atoms with Gasteiger partial charge in [-0.25, -0.2) is 4.98 Å². The molecule has 5 heteroatoms. The van der Waals surface area contributed by atoms with Crippen molar-refractivity contribution in [2.45, 2.75) is 11.7 Å². The fraction of sp³-hybridized carbons (Fsp3) is 0.250. The van der Waals surface area contributed by atoms with Crippen molar-refractivity contribution >= 4 is 17.6 Å². The van der Waals surface area contributed by atoms with Crippen molar-refractivity contribution in [3.63, 3.8) is 0 Å². The Kier molecular flexibility index (Phi) is 2.48. The number of hydrogen-bond donors (Lipinski definition) is 1. The van der Waals surface area contributed by atoms with Crippen LogP contribution in [0.3, 0.4) is 0 Å². The highest BCUT2D eigenvalue weighted by atomic mass is 32.2. The van der Waals surface area contributed by atoms with Crippen LogP contribution in [-0.2, 0) is 6.54 Å². The lowest BCUT2D eigenvalue weighted by Gasteiger charge is -2.03. The van der Waals surface area contributed by atoms with Gasteiger partial charge in [0.25, 0.3) is 0 Å². The smallest absolute Gasteiger partial charge is 0.170 e. The maximum atomic E-state index is 6.11. The van der Waals surface area contributed by atoms with E-state index in [9.17, 15) is 0 Å². The summed E-state index contributed by atoms with van der Waals surface area (Å²) < 4.78 is 7.21. The van der Waals surface area contributed by atoms with Gasteiger partial charge in [-0.1, -0.05) is 11.8 Å². The Bertz CT molecular complexity index is 548. The van der Waals surface area contributed by atoms with Crippen molar-refractivity contribution in [2.75, 3.05) is 18.6 Å². The van der Waals surface area contributed by atoms with Crippen LogP contribution >= 0.6 is 11.8 Å². The number of ether oxygens (including phenoxy) is 1. The van der Waals surface area contributed by atoms with E-state index < -0.39 is 0 Å². The zero-order chi connectivity index (χ0) is 11.8. The molecule has 3 rings (SSSR count). The molecule has 2 N–H and O–H groups in total. The molecule has 1 aromatic heterocycles. The Morgan fingerprint density at radius 3 is 2.76 bits per heavy atom. The molecule has 2 heterocycles. The Morgan fingerprint density at radius 2 is 2.12 bits per heavy atom. The Morgan fingerprint density at radius 1 is 1.35 bits per heavy atom. The minimum absolute atomic E-state index is 0.759. The molecule has 1 aliphatic heterocycles. The van der Waals surface area contributed by atoms with Crippen LogP contribution in [0.25, 0.3) is 11.3 Å². The molecule has 1 aromatic carbocycles. The molecule has 0 radical (unpaired) electrons. The Balaban J connectivity index is 2.03. The van der Waals surface area contributed by atoms with E-state index in [1.165, 1.54) is 0 Å². The summed E-state index contributed by atoms with van der Waals surface area (Å²) >= 11 is 1.75. The van der Waals surface area contributed by atoms with E-state index in [2.05, 4.69) is 9.55 Å². The number of thioether (sulfide) groups is 1. The third-order valence-corrected chi connectivity index (χ3v) is 3.84. The summed E-state index contributed by atoms with van der Waals surface area (Å²) in [5.41, 5.74) is 8.02. The van der Waals surface area contributed by atoms with Crippen LogP contribution in [0.15, 0.2) is 29.4 Å². The van der Waals surface area contributed by atoms with Crippen LogP contribution in [0.4, 0.5) is 5.82 Å². The SMILES string of the molecule is COc1ccc(-c2nc3n(c2N)CCS3)cc1. The number of methoxy groups -OCH3 is 1. The van der Waals surface area contributed by atoms with Crippen LogP contribution in [0, 0.1) is 0 Å². The number of benzene rings is 1. The summed E-state index contributed by atoms with van der Waals surface area (Å²) in [7, 11) is 1.66. The molecule has 0 saturated heterocycles. The van der Waals surface area contributed by atoms with Crippen molar-refractivity contribution in [3.8, 4) is 17.0 Å². The molecule has 0 bridgehead atoms. The van der Waals surface area contributed by atoms with Gasteiger partial charge in [-0.2, -0.15) is 0 Å². The van der Waals surface area contributed by atoms with Gasteiger partial charge in [-0.3, -0.25) is 0 Å². The van der Waals surface area contributed by atoms with E-state index in [1.807, 2.05) is 24.3 Å². The van der Waals surface area contributed by atoms with E-state index in [4.69, 9.17) is 10.5 Å². The standard InChI is InChI=1S/C12H13N3OS/c1-16-9-4-2-8(3-5-9)10-11(13)15-6-7-17-12(15)14-10/h2-5H,6-7,13H2,1H3. The average Bonchev–Trinajstić information content (AvgIpc) is 2.93. The van der Waals surface area contributed by atoms with Gasteiger partial charge in [0.15, 0.2) is 5.16 Å². The molecule has 1 aliphatic rings. The summed E-state index contributed by atoms with van der Waals surface area (Å²) in [5.74, 6) is 2.67. The quantitative estimate of drug-likeness (QED) is 0.884. The van der Waals surface area contributed by atoms with Crippen LogP contribution in [-0.4, -0.2) is 22.4 Å². The van der Waals surface area contributed by atoms with E-state index >= 15 is 0 Å². The molecular formula is C12H13N3OS. The molecule has 0 atom stereocenters. The molecule has 0 spiro atoms. The number of hydrogen-bond acceptors (Lipinski definition) is 4. The number of nitrogen functional groups attached to an aromatic ring is 1. The molecule has 2 aromatic rings. The zero-order valence-electron chi connectivity index (χ0n) is 9.51. The molecule has 0 saturated carbocycles. The molecule has 0 fully saturated rings. The summed E-state index contributed by atoms with van der Waals surface area (Å²) in [4.78, 5) is 4.58. The molecule has 0 unspecified atom stereocenters. The lowest BCUT2D eigenvalue weighted by atomic mass is 10.1. The molecular weight excluding hydrogens is 234 g/mol. The number of rotatable bonds is 2. The maximum Gasteiger partial charge on any atom is 0.170 e. The highest BCUT2D eigenvalue weighted by molar-refractivity contribution is 7.99. The van der Waals surface area contributed by atoms with Crippen molar-refractivity contribution in [3.05, 3.63) is 24.3 Å². The van der Waals surface area contributed by atoms with Crippen LogP contribution in [0.1, 0.15) is 0 Å². The maximum absolute atomic E-state index is 6.11. The van der Waals surface area contributed by atoms with Crippen molar-refractivity contribution in [1.82, 2.24) is 9.55 Å². The number of nitrogens with zero attached hydrogens (tertiary/aromatic N) is 2. The molecule has 4 nitrogen and oxygen atoms in total. The van der Waals surface area contributed by atoms with E-state index in [0.717, 1.165) is 40.3 Å². The van der Waals surface area contributed by atoms with Gasteiger partial charge in [0, 0.05) is 17.9 Å². The predicted octanol–water partition coefficient (Wildman–Crippen LogP) is 2.25. The van der Waals surface area contributed by atoms with Crippen molar-refractivity contribution in [1.29, 1.82) is 0 Å². The van der Waals surface area contributed by atoms with Gasteiger partial charge in [-0.05, 0) is 24.3 Å². The lowest BCUT2D eigenvalue weighted by Crippen LogP contribution is -2.00. The number of aromatic nitrogens is 2.